The van der Waals surface area contributed by atoms with E-state index in [0.717, 1.165) is 31.8 Å². The van der Waals surface area contributed by atoms with Crippen LogP contribution in [0.15, 0.2) is 0 Å². The van der Waals surface area contributed by atoms with Gasteiger partial charge >= 0.3 is 0 Å². The van der Waals surface area contributed by atoms with E-state index in [4.69, 9.17) is 5.73 Å². The number of amides is 1. The van der Waals surface area contributed by atoms with E-state index in [0.29, 0.717) is 12.1 Å². The van der Waals surface area contributed by atoms with Crippen LogP contribution in [0.25, 0.3) is 0 Å². The van der Waals surface area contributed by atoms with Gasteiger partial charge in [-0.05, 0) is 52.1 Å². The van der Waals surface area contributed by atoms with Crippen molar-refractivity contribution in [3.05, 3.63) is 0 Å². The van der Waals surface area contributed by atoms with Crippen LogP contribution in [0, 0.1) is 0 Å². The fourth-order valence-corrected chi connectivity index (χ4v) is 4.83. The first-order valence-electron chi connectivity index (χ1n) is 8.60. The van der Waals surface area contributed by atoms with Crippen molar-refractivity contribution in [2.24, 2.45) is 5.73 Å². The molecule has 5 nitrogen and oxygen atoms in total. The summed E-state index contributed by atoms with van der Waals surface area (Å²) in [6.45, 7) is 8.83. The van der Waals surface area contributed by atoms with E-state index >= 15 is 0 Å². The molecule has 0 radical (unpaired) electrons. The molecule has 0 spiro atoms. The van der Waals surface area contributed by atoms with Gasteiger partial charge in [-0.3, -0.25) is 14.6 Å². The Morgan fingerprint density at radius 3 is 2.86 bits per heavy atom. The molecule has 0 aromatic carbocycles. The van der Waals surface area contributed by atoms with Crippen LogP contribution >= 0.6 is 0 Å². The Morgan fingerprint density at radius 2 is 2.14 bits per heavy atom. The minimum atomic E-state index is -0.466. The number of nitrogens with two attached hydrogens (primary N) is 1. The molecule has 0 aromatic heterocycles. The zero-order chi connectivity index (χ0) is 15.0. The van der Waals surface area contributed by atoms with E-state index in [9.17, 15) is 4.79 Å². The Bertz CT molecular complexity index is 402. The van der Waals surface area contributed by atoms with Crippen molar-refractivity contribution in [2.45, 2.75) is 69.6 Å². The van der Waals surface area contributed by atoms with Gasteiger partial charge in [0.1, 0.15) is 0 Å². The third-order valence-electron chi connectivity index (χ3n) is 5.93. The van der Waals surface area contributed by atoms with Gasteiger partial charge in [-0.25, -0.2) is 0 Å². The van der Waals surface area contributed by atoms with E-state index < -0.39 is 5.54 Å². The maximum Gasteiger partial charge on any atom is 0.237 e. The number of hydrogen-bond donors (Lipinski definition) is 2. The Kier molecular flexibility index (Phi) is 4.26. The van der Waals surface area contributed by atoms with Crippen LogP contribution in [0.4, 0.5) is 0 Å². The molecule has 3 rings (SSSR count). The Hall–Kier alpha value is -0.650. The van der Waals surface area contributed by atoms with Crippen LogP contribution in [0.5, 0.6) is 0 Å². The fraction of sp³-hybridized carbons (Fsp3) is 0.938. The molecule has 4 unspecified atom stereocenters. The van der Waals surface area contributed by atoms with Crippen molar-refractivity contribution in [3.63, 3.8) is 0 Å². The molecule has 1 saturated carbocycles. The first-order valence-corrected chi connectivity index (χ1v) is 8.60. The number of carbonyl (C=O) groups excluding carboxylic acids is 1. The van der Waals surface area contributed by atoms with Crippen LogP contribution in [-0.2, 0) is 4.79 Å². The monoisotopic (exact) mass is 294 g/mol. The number of rotatable bonds is 4. The van der Waals surface area contributed by atoms with Crippen LogP contribution in [0.1, 0.15) is 46.0 Å². The van der Waals surface area contributed by atoms with Crippen molar-refractivity contribution in [3.8, 4) is 0 Å². The predicted molar refractivity (Wildman–Crippen MR) is 84.0 cm³/mol. The van der Waals surface area contributed by atoms with Gasteiger partial charge in [-0.2, -0.15) is 0 Å². The second-order valence-electron chi connectivity index (χ2n) is 7.21. The summed E-state index contributed by atoms with van der Waals surface area (Å²) in [4.78, 5) is 17.3. The van der Waals surface area contributed by atoms with Gasteiger partial charge in [-0.1, -0.05) is 6.92 Å². The van der Waals surface area contributed by atoms with E-state index in [1.54, 1.807) is 0 Å². The molecule has 2 saturated heterocycles. The summed E-state index contributed by atoms with van der Waals surface area (Å²) >= 11 is 0. The number of hydrogen-bond acceptors (Lipinski definition) is 4. The topological polar surface area (TPSA) is 61.6 Å². The van der Waals surface area contributed by atoms with Crippen molar-refractivity contribution in [2.75, 3.05) is 26.2 Å². The van der Waals surface area contributed by atoms with Crippen LogP contribution in [0.2, 0.25) is 0 Å². The van der Waals surface area contributed by atoms with Crippen molar-refractivity contribution < 1.29 is 4.79 Å². The number of nitrogens with zero attached hydrogens (tertiary/aromatic N) is 2. The maximum atomic E-state index is 11.9. The number of primary amides is 1. The van der Waals surface area contributed by atoms with E-state index in [1.807, 2.05) is 0 Å². The fourth-order valence-electron chi connectivity index (χ4n) is 4.83. The molecule has 5 heteroatoms. The quantitative estimate of drug-likeness (QED) is 0.794. The van der Waals surface area contributed by atoms with E-state index in [-0.39, 0.29) is 5.91 Å². The molecule has 0 bridgehead atoms. The SMILES string of the molecule is CCNC1(C(N)=O)CCC(N2CC3CCCN3CC2C)C1. The second kappa shape index (κ2) is 5.86. The van der Waals surface area contributed by atoms with Gasteiger partial charge in [0.05, 0.1) is 5.54 Å². The van der Waals surface area contributed by atoms with Gasteiger partial charge in [0.2, 0.25) is 5.91 Å². The highest BCUT2D eigenvalue weighted by molar-refractivity contribution is 5.85. The lowest BCUT2D eigenvalue weighted by atomic mass is 9.95. The first kappa shape index (κ1) is 15.3. The number of carbonyl (C=O) groups is 1. The molecular weight excluding hydrogens is 264 g/mol. The smallest absolute Gasteiger partial charge is 0.237 e. The second-order valence-corrected chi connectivity index (χ2v) is 7.21. The largest absolute Gasteiger partial charge is 0.368 e. The van der Waals surface area contributed by atoms with Crippen molar-refractivity contribution >= 4 is 5.91 Å². The molecule has 1 amide bonds. The summed E-state index contributed by atoms with van der Waals surface area (Å²) in [5.74, 6) is -0.168. The summed E-state index contributed by atoms with van der Waals surface area (Å²) in [5, 5.41) is 3.38. The zero-order valence-electron chi connectivity index (χ0n) is 13.5. The predicted octanol–water partition coefficient (Wildman–Crippen LogP) is 0.541. The summed E-state index contributed by atoms with van der Waals surface area (Å²) in [5.41, 5.74) is 5.24. The summed E-state index contributed by atoms with van der Waals surface area (Å²) < 4.78 is 0. The molecule has 1 aliphatic carbocycles. The molecule has 2 heterocycles. The van der Waals surface area contributed by atoms with Crippen LogP contribution in [-0.4, -0.2) is 65.6 Å². The highest BCUT2D eigenvalue weighted by Crippen LogP contribution is 2.36. The summed E-state index contributed by atoms with van der Waals surface area (Å²) in [6, 6.07) is 1.84. The first-order chi connectivity index (χ1) is 10.1. The van der Waals surface area contributed by atoms with Gasteiger partial charge in [0.25, 0.3) is 0 Å². The molecule has 4 atom stereocenters. The lowest BCUT2D eigenvalue weighted by molar-refractivity contribution is -0.124. The number of fused-ring (bicyclic) bond motifs is 1. The minimum absolute atomic E-state index is 0.168. The molecular formula is C16H30N4O. The highest BCUT2D eigenvalue weighted by Gasteiger charge is 2.47. The molecule has 3 N–H and O–H groups in total. The molecule has 2 aliphatic heterocycles. The van der Waals surface area contributed by atoms with Gasteiger partial charge in [0.15, 0.2) is 0 Å². The number of likely N-dealkylation sites (N-methyl/N-ethyl adjacent to an activating group) is 1. The van der Waals surface area contributed by atoms with Crippen LogP contribution < -0.4 is 11.1 Å². The number of piperazine rings is 1. The molecule has 120 valence electrons. The minimum Gasteiger partial charge on any atom is -0.368 e. The molecule has 0 aromatic rings. The van der Waals surface area contributed by atoms with E-state index in [2.05, 4.69) is 29.0 Å². The average Bonchev–Trinajstić information content (AvgIpc) is 3.05. The Labute approximate surface area is 128 Å². The lowest BCUT2D eigenvalue weighted by Gasteiger charge is -2.45. The zero-order valence-corrected chi connectivity index (χ0v) is 13.5. The van der Waals surface area contributed by atoms with Gasteiger partial charge < -0.3 is 11.1 Å². The standard InChI is InChI=1S/C16H30N4O/c1-3-18-16(15(17)21)7-6-13(9-16)20-11-14-5-4-8-19(14)10-12(20)2/h12-14,18H,3-11H2,1-2H3,(H2,17,21). The van der Waals surface area contributed by atoms with Crippen molar-refractivity contribution in [1.82, 2.24) is 15.1 Å². The third kappa shape index (κ3) is 2.71. The Balaban J connectivity index is 1.68. The lowest BCUT2D eigenvalue weighted by Crippen LogP contribution is -2.59. The number of nitrogens with one attached hydrogen (secondary N) is 1. The Morgan fingerprint density at radius 1 is 1.33 bits per heavy atom. The maximum absolute atomic E-state index is 11.9. The highest BCUT2D eigenvalue weighted by atomic mass is 16.1. The van der Waals surface area contributed by atoms with Gasteiger partial charge in [-0.15, -0.1) is 0 Å². The molecule has 21 heavy (non-hydrogen) atoms. The molecule has 3 aliphatic rings. The summed E-state index contributed by atoms with van der Waals surface area (Å²) in [6.07, 6.45) is 5.54. The normalized spacial score (nSPS) is 41.3. The van der Waals surface area contributed by atoms with Crippen molar-refractivity contribution in [1.29, 1.82) is 0 Å². The van der Waals surface area contributed by atoms with E-state index in [1.165, 1.54) is 32.5 Å². The molecule has 3 fully saturated rings. The third-order valence-corrected chi connectivity index (χ3v) is 5.93. The van der Waals surface area contributed by atoms with Gasteiger partial charge in [0, 0.05) is 31.2 Å². The average molecular weight is 294 g/mol. The summed E-state index contributed by atoms with van der Waals surface area (Å²) in [7, 11) is 0. The van der Waals surface area contributed by atoms with Crippen LogP contribution in [0.3, 0.4) is 0 Å².